The molecule has 2 aromatic rings. The van der Waals surface area contributed by atoms with Crippen LogP contribution in [0.1, 0.15) is 17.5 Å². The monoisotopic (exact) mass is 314 g/mol. The Kier molecular flexibility index (Phi) is 6.46. The van der Waals surface area contributed by atoms with Gasteiger partial charge in [-0.2, -0.15) is 0 Å². The maximum absolute atomic E-state index is 9.52. The third-order valence-electron chi connectivity index (χ3n) is 2.88. The largest absolute Gasteiger partial charge is 0.507 e. The molecule has 0 aliphatic rings. The average Bonchev–Trinajstić information content (AvgIpc) is 2.56. The van der Waals surface area contributed by atoms with Crippen LogP contribution in [0.4, 0.5) is 0 Å². The number of oxime groups is 2. The summed E-state index contributed by atoms with van der Waals surface area (Å²) in [5.74, 6) is 0.309. The normalized spacial score (nSPS) is 11.1. The van der Waals surface area contributed by atoms with Gasteiger partial charge in [0.1, 0.15) is 24.7 Å². The van der Waals surface area contributed by atoms with Gasteiger partial charge in [0.25, 0.3) is 0 Å². The first-order valence-electron chi connectivity index (χ1n) is 7.14. The zero-order chi connectivity index (χ0) is 16.3. The number of phenolic OH excluding ortho intramolecular Hbond substituents is 2. The van der Waals surface area contributed by atoms with Gasteiger partial charge in [0.2, 0.25) is 0 Å². The molecule has 0 aliphatic heterocycles. The molecule has 0 radical (unpaired) electrons. The lowest BCUT2D eigenvalue weighted by Crippen LogP contribution is -1.96. The Morgan fingerprint density at radius 3 is 1.61 bits per heavy atom. The zero-order valence-corrected chi connectivity index (χ0v) is 12.5. The van der Waals surface area contributed by atoms with Crippen LogP contribution >= 0.6 is 0 Å². The van der Waals surface area contributed by atoms with Crippen LogP contribution < -0.4 is 0 Å². The molecule has 0 aliphatic carbocycles. The van der Waals surface area contributed by atoms with Crippen LogP contribution in [-0.4, -0.2) is 35.9 Å². The van der Waals surface area contributed by atoms with Crippen LogP contribution in [0.25, 0.3) is 0 Å². The second-order valence-corrected chi connectivity index (χ2v) is 4.61. The molecular formula is C17H18N2O4. The first-order valence-corrected chi connectivity index (χ1v) is 7.14. The van der Waals surface area contributed by atoms with Crippen molar-refractivity contribution in [2.24, 2.45) is 10.3 Å². The summed E-state index contributed by atoms with van der Waals surface area (Å²) in [6.07, 6.45) is 3.51. The molecule has 0 atom stereocenters. The predicted molar refractivity (Wildman–Crippen MR) is 87.9 cm³/mol. The van der Waals surface area contributed by atoms with Gasteiger partial charge in [-0.05, 0) is 24.3 Å². The van der Waals surface area contributed by atoms with Crippen molar-refractivity contribution in [3.05, 3.63) is 59.7 Å². The van der Waals surface area contributed by atoms with Crippen LogP contribution in [0.15, 0.2) is 58.8 Å². The Morgan fingerprint density at radius 1 is 0.739 bits per heavy atom. The molecular weight excluding hydrogens is 296 g/mol. The minimum atomic E-state index is 0.154. The van der Waals surface area contributed by atoms with Crippen molar-refractivity contribution in [1.29, 1.82) is 0 Å². The van der Waals surface area contributed by atoms with Gasteiger partial charge in [-0.1, -0.05) is 34.6 Å². The molecule has 2 rings (SSSR count). The van der Waals surface area contributed by atoms with E-state index in [0.29, 0.717) is 30.8 Å². The third-order valence-corrected chi connectivity index (χ3v) is 2.88. The summed E-state index contributed by atoms with van der Waals surface area (Å²) in [5, 5.41) is 26.6. The maximum atomic E-state index is 9.52. The molecule has 0 saturated carbocycles. The molecule has 0 saturated heterocycles. The molecule has 0 unspecified atom stereocenters. The molecule has 120 valence electrons. The fourth-order valence-electron chi connectivity index (χ4n) is 1.67. The smallest absolute Gasteiger partial charge is 0.124 e. The standard InChI is InChI=1S/C17H18N2O4/c20-16-8-3-1-6-14(16)12-18-22-10-5-11-23-19-13-15-7-2-4-9-17(15)21/h1-4,6-9,12-13,20-21H,5,10-11H2. The number of rotatable bonds is 8. The molecule has 0 heterocycles. The number of benzene rings is 2. The van der Waals surface area contributed by atoms with Gasteiger partial charge in [0.05, 0.1) is 12.4 Å². The van der Waals surface area contributed by atoms with Crippen molar-refractivity contribution in [1.82, 2.24) is 0 Å². The van der Waals surface area contributed by atoms with Crippen molar-refractivity contribution in [2.45, 2.75) is 6.42 Å². The van der Waals surface area contributed by atoms with Gasteiger partial charge in [-0.25, -0.2) is 0 Å². The molecule has 0 fully saturated rings. The van der Waals surface area contributed by atoms with E-state index in [4.69, 9.17) is 9.68 Å². The molecule has 2 aromatic carbocycles. The summed E-state index contributed by atoms with van der Waals surface area (Å²) in [6.45, 7) is 0.742. The number of para-hydroxylation sites is 2. The van der Waals surface area contributed by atoms with Crippen LogP contribution in [-0.2, 0) is 9.68 Å². The lowest BCUT2D eigenvalue weighted by molar-refractivity contribution is 0.0914. The summed E-state index contributed by atoms with van der Waals surface area (Å²) in [4.78, 5) is 10.1. The third kappa shape index (κ3) is 5.70. The fraction of sp³-hybridized carbons (Fsp3) is 0.176. The number of nitrogens with zero attached hydrogens (tertiary/aromatic N) is 2. The molecule has 0 spiro atoms. The lowest BCUT2D eigenvalue weighted by Gasteiger charge is -2.00. The van der Waals surface area contributed by atoms with E-state index in [9.17, 15) is 10.2 Å². The maximum Gasteiger partial charge on any atom is 0.124 e. The van der Waals surface area contributed by atoms with Crippen LogP contribution in [0.2, 0.25) is 0 Å². The number of hydrogen-bond acceptors (Lipinski definition) is 6. The van der Waals surface area contributed by atoms with Crippen molar-refractivity contribution >= 4 is 12.4 Å². The van der Waals surface area contributed by atoms with E-state index in [1.165, 1.54) is 12.4 Å². The molecule has 0 bridgehead atoms. The van der Waals surface area contributed by atoms with Gasteiger partial charge in [-0.3, -0.25) is 0 Å². The highest BCUT2D eigenvalue weighted by Crippen LogP contribution is 2.13. The Labute approximate surface area is 134 Å². The number of hydrogen-bond donors (Lipinski definition) is 2. The summed E-state index contributed by atoms with van der Waals surface area (Å²) in [6, 6.07) is 13.7. The minimum Gasteiger partial charge on any atom is -0.507 e. The topological polar surface area (TPSA) is 83.6 Å². The zero-order valence-electron chi connectivity index (χ0n) is 12.5. The van der Waals surface area contributed by atoms with Gasteiger partial charge in [0.15, 0.2) is 0 Å². The van der Waals surface area contributed by atoms with E-state index in [1.807, 2.05) is 0 Å². The Hall–Kier alpha value is -3.02. The molecule has 6 nitrogen and oxygen atoms in total. The predicted octanol–water partition coefficient (Wildman–Crippen LogP) is 2.89. The van der Waals surface area contributed by atoms with Crippen molar-refractivity contribution < 1.29 is 19.9 Å². The number of aromatic hydroxyl groups is 2. The molecule has 0 amide bonds. The van der Waals surface area contributed by atoms with Gasteiger partial charge >= 0.3 is 0 Å². The van der Waals surface area contributed by atoms with E-state index in [0.717, 1.165) is 0 Å². The van der Waals surface area contributed by atoms with Crippen LogP contribution in [0.3, 0.4) is 0 Å². The summed E-state index contributed by atoms with van der Waals surface area (Å²) in [7, 11) is 0. The second kappa shape index (κ2) is 9.09. The second-order valence-electron chi connectivity index (χ2n) is 4.61. The first kappa shape index (κ1) is 16.4. The van der Waals surface area contributed by atoms with Crippen molar-refractivity contribution in [2.75, 3.05) is 13.2 Å². The molecule has 2 N–H and O–H groups in total. The van der Waals surface area contributed by atoms with E-state index in [1.54, 1.807) is 48.5 Å². The minimum absolute atomic E-state index is 0.154. The average molecular weight is 314 g/mol. The highest BCUT2D eigenvalue weighted by molar-refractivity contribution is 5.83. The molecule has 23 heavy (non-hydrogen) atoms. The summed E-state index contributed by atoms with van der Waals surface area (Å²) in [5.41, 5.74) is 1.19. The van der Waals surface area contributed by atoms with Gasteiger partial charge < -0.3 is 19.9 Å². The fourth-order valence-corrected chi connectivity index (χ4v) is 1.67. The molecule has 6 heteroatoms. The summed E-state index contributed by atoms with van der Waals surface area (Å²) < 4.78 is 0. The van der Waals surface area contributed by atoms with E-state index < -0.39 is 0 Å². The SMILES string of the molecule is Oc1ccccc1C=NOCCCON=Cc1ccccc1O. The van der Waals surface area contributed by atoms with E-state index >= 15 is 0 Å². The highest BCUT2D eigenvalue weighted by atomic mass is 16.6. The van der Waals surface area contributed by atoms with Gasteiger partial charge in [0, 0.05) is 17.5 Å². The first-order chi connectivity index (χ1) is 11.3. The van der Waals surface area contributed by atoms with Crippen molar-refractivity contribution in [3.63, 3.8) is 0 Å². The van der Waals surface area contributed by atoms with E-state index in [-0.39, 0.29) is 11.5 Å². The highest BCUT2D eigenvalue weighted by Gasteiger charge is 1.96. The van der Waals surface area contributed by atoms with Gasteiger partial charge in [-0.15, -0.1) is 0 Å². The number of phenols is 2. The lowest BCUT2D eigenvalue weighted by atomic mass is 10.2. The van der Waals surface area contributed by atoms with E-state index in [2.05, 4.69) is 10.3 Å². The quantitative estimate of drug-likeness (QED) is 0.446. The molecule has 0 aromatic heterocycles. The summed E-state index contributed by atoms with van der Waals surface area (Å²) >= 11 is 0. The van der Waals surface area contributed by atoms with Crippen LogP contribution in [0.5, 0.6) is 11.5 Å². The Bertz CT molecular complexity index is 614. The van der Waals surface area contributed by atoms with Crippen molar-refractivity contribution in [3.8, 4) is 11.5 Å². The Balaban J connectivity index is 1.60. The Morgan fingerprint density at radius 2 is 1.17 bits per heavy atom. The van der Waals surface area contributed by atoms with Crippen LogP contribution in [0, 0.1) is 0 Å².